The second kappa shape index (κ2) is 5.54. The Labute approximate surface area is 120 Å². The van der Waals surface area contributed by atoms with Crippen LogP contribution in [0.5, 0.6) is 0 Å². The van der Waals surface area contributed by atoms with E-state index in [2.05, 4.69) is 53.4 Å². The number of hydrogen-bond donors (Lipinski definition) is 1. The SMILES string of the molecule is Cc1cccc(C2NCC(=O)N2C2CCCN(C)C2)c1. The van der Waals surface area contributed by atoms with Crippen LogP contribution in [0.3, 0.4) is 0 Å². The molecular weight excluding hydrogens is 250 g/mol. The molecule has 2 saturated heterocycles. The van der Waals surface area contributed by atoms with Crippen LogP contribution in [0, 0.1) is 6.92 Å². The van der Waals surface area contributed by atoms with E-state index in [9.17, 15) is 4.79 Å². The molecular formula is C16H23N3O. The van der Waals surface area contributed by atoms with Crippen LogP contribution in [0.1, 0.15) is 30.1 Å². The molecule has 1 aromatic carbocycles. The number of hydrogen-bond acceptors (Lipinski definition) is 3. The summed E-state index contributed by atoms with van der Waals surface area (Å²) in [5.74, 6) is 0.233. The van der Waals surface area contributed by atoms with Crippen molar-refractivity contribution in [1.29, 1.82) is 0 Å². The molecule has 108 valence electrons. The molecule has 4 heteroatoms. The third kappa shape index (κ3) is 2.58. The molecule has 2 aliphatic rings. The Balaban J connectivity index is 1.85. The molecule has 20 heavy (non-hydrogen) atoms. The summed E-state index contributed by atoms with van der Waals surface area (Å²) in [6.07, 6.45) is 2.32. The van der Waals surface area contributed by atoms with Gasteiger partial charge in [-0.05, 0) is 38.9 Å². The summed E-state index contributed by atoms with van der Waals surface area (Å²) >= 11 is 0. The Morgan fingerprint density at radius 2 is 2.20 bits per heavy atom. The monoisotopic (exact) mass is 273 g/mol. The highest BCUT2D eigenvalue weighted by molar-refractivity contribution is 5.81. The molecule has 2 atom stereocenters. The fraction of sp³-hybridized carbons (Fsp3) is 0.562. The van der Waals surface area contributed by atoms with Crippen molar-refractivity contribution < 1.29 is 4.79 Å². The van der Waals surface area contributed by atoms with Gasteiger partial charge in [-0.15, -0.1) is 0 Å². The maximum Gasteiger partial charge on any atom is 0.238 e. The van der Waals surface area contributed by atoms with E-state index in [1.54, 1.807) is 0 Å². The number of likely N-dealkylation sites (tertiary alicyclic amines) is 1. The smallest absolute Gasteiger partial charge is 0.238 e. The zero-order valence-corrected chi connectivity index (χ0v) is 12.3. The average Bonchev–Trinajstić information content (AvgIpc) is 2.80. The van der Waals surface area contributed by atoms with Crippen molar-refractivity contribution in [2.75, 3.05) is 26.7 Å². The van der Waals surface area contributed by atoms with Gasteiger partial charge in [0.05, 0.1) is 6.54 Å². The Kier molecular flexibility index (Phi) is 3.76. The van der Waals surface area contributed by atoms with Crippen LogP contribution in [0.2, 0.25) is 0 Å². The first-order valence-electron chi connectivity index (χ1n) is 7.45. The van der Waals surface area contributed by atoms with E-state index in [-0.39, 0.29) is 12.1 Å². The van der Waals surface area contributed by atoms with Gasteiger partial charge in [0.15, 0.2) is 0 Å². The van der Waals surface area contributed by atoms with Gasteiger partial charge in [0.1, 0.15) is 6.17 Å². The van der Waals surface area contributed by atoms with Crippen LogP contribution < -0.4 is 5.32 Å². The minimum Gasteiger partial charge on any atom is -0.318 e. The van der Waals surface area contributed by atoms with Crippen LogP contribution in [0.25, 0.3) is 0 Å². The van der Waals surface area contributed by atoms with E-state index in [0.717, 1.165) is 19.5 Å². The lowest BCUT2D eigenvalue weighted by Crippen LogP contribution is -2.48. The minimum atomic E-state index is 0.0406. The fourth-order valence-electron chi connectivity index (χ4n) is 3.42. The van der Waals surface area contributed by atoms with E-state index in [1.807, 2.05) is 0 Å². The normalized spacial score (nSPS) is 28.1. The second-order valence-electron chi connectivity index (χ2n) is 6.06. The van der Waals surface area contributed by atoms with Crippen molar-refractivity contribution in [1.82, 2.24) is 15.1 Å². The molecule has 3 rings (SSSR count). The number of likely N-dealkylation sites (N-methyl/N-ethyl adjacent to an activating group) is 1. The zero-order valence-electron chi connectivity index (χ0n) is 12.3. The van der Waals surface area contributed by atoms with Crippen LogP contribution in [0.4, 0.5) is 0 Å². The summed E-state index contributed by atoms with van der Waals surface area (Å²) < 4.78 is 0. The van der Waals surface area contributed by atoms with E-state index >= 15 is 0 Å². The predicted octanol–water partition coefficient (Wildman–Crippen LogP) is 1.52. The minimum absolute atomic E-state index is 0.0406. The molecule has 1 aromatic rings. The van der Waals surface area contributed by atoms with E-state index in [4.69, 9.17) is 0 Å². The van der Waals surface area contributed by atoms with E-state index in [1.165, 1.54) is 17.5 Å². The first kappa shape index (κ1) is 13.6. The van der Waals surface area contributed by atoms with Crippen molar-refractivity contribution in [2.45, 2.75) is 32.0 Å². The van der Waals surface area contributed by atoms with Crippen molar-refractivity contribution in [3.63, 3.8) is 0 Å². The van der Waals surface area contributed by atoms with Gasteiger partial charge >= 0.3 is 0 Å². The fourth-order valence-corrected chi connectivity index (χ4v) is 3.42. The molecule has 2 aliphatic heterocycles. The maximum absolute atomic E-state index is 12.3. The van der Waals surface area contributed by atoms with Gasteiger partial charge in [0, 0.05) is 12.6 Å². The highest BCUT2D eigenvalue weighted by atomic mass is 16.2. The van der Waals surface area contributed by atoms with Crippen molar-refractivity contribution in [3.05, 3.63) is 35.4 Å². The Bertz CT molecular complexity index is 502. The van der Waals surface area contributed by atoms with Gasteiger partial charge < -0.3 is 9.80 Å². The number of amides is 1. The average molecular weight is 273 g/mol. The number of aryl methyl sites for hydroxylation is 1. The number of carbonyl (C=O) groups excluding carboxylic acids is 1. The van der Waals surface area contributed by atoms with Gasteiger partial charge in [0.2, 0.25) is 5.91 Å². The van der Waals surface area contributed by atoms with Gasteiger partial charge in [0.25, 0.3) is 0 Å². The summed E-state index contributed by atoms with van der Waals surface area (Å²) in [5.41, 5.74) is 2.44. The Hall–Kier alpha value is -1.39. The van der Waals surface area contributed by atoms with Gasteiger partial charge in [-0.3, -0.25) is 10.1 Å². The maximum atomic E-state index is 12.3. The number of nitrogens with one attached hydrogen (secondary N) is 1. The van der Waals surface area contributed by atoms with Gasteiger partial charge in [-0.25, -0.2) is 0 Å². The predicted molar refractivity (Wildman–Crippen MR) is 79.3 cm³/mol. The molecule has 0 spiro atoms. The topological polar surface area (TPSA) is 35.6 Å². The third-order valence-electron chi connectivity index (χ3n) is 4.36. The lowest BCUT2D eigenvalue weighted by molar-refractivity contribution is -0.131. The number of piperidine rings is 1. The van der Waals surface area contributed by atoms with Crippen molar-refractivity contribution in [3.8, 4) is 0 Å². The molecule has 4 nitrogen and oxygen atoms in total. The Morgan fingerprint density at radius 1 is 1.35 bits per heavy atom. The van der Waals surface area contributed by atoms with Crippen LogP contribution in [-0.4, -0.2) is 48.4 Å². The number of rotatable bonds is 2. The first-order chi connectivity index (χ1) is 9.65. The number of nitrogens with zero attached hydrogens (tertiary/aromatic N) is 2. The van der Waals surface area contributed by atoms with Gasteiger partial charge in [-0.1, -0.05) is 29.8 Å². The molecule has 2 fully saturated rings. The largest absolute Gasteiger partial charge is 0.318 e. The Morgan fingerprint density at radius 3 is 2.95 bits per heavy atom. The molecule has 0 aliphatic carbocycles. The summed E-state index contributed by atoms with van der Waals surface area (Å²) in [7, 11) is 2.14. The molecule has 1 amide bonds. The molecule has 0 aromatic heterocycles. The molecule has 0 saturated carbocycles. The quantitative estimate of drug-likeness (QED) is 0.887. The zero-order chi connectivity index (χ0) is 14.1. The summed E-state index contributed by atoms with van der Waals surface area (Å²) in [6, 6.07) is 8.79. The lowest BCUT2D eigenvalue weighted by Gasteiger charge is -2.38. The summed E-state index contributed by atoms with van der Waals surface area (Å²) in [6.45, 7) is 4.68. The number of benzene rings is 1. The van der Waals surface area contributed by atoms with Crippen LogP contribution >= 0.6 is 0 Å². The molecule has 2 unspecified atom stereocenters. The van der Waals surface area contributed by atoms with Crippen LogP contribution in [-0.2, 0) is 4.79 Å². The summed E-state index contributed by atoms with van der Waals surface area (Å²) in [4.78, 5) is 16.7. The molecule has 2 heterocycles. The lowest BCUT2D eigenvalue weighted by atomic mass is 10.0. The summed E-state index contributed by atoms with van der Waals surface area (Å²) in [5, 5.41) is 3.37. The highest BCUT2D eigenvalue weighted by Gasteiger charge is 2.37. The number of carbonyl (C=O) groups is 1. The van der Waals surface area contributed by atoms with Crippen molar-refractivity contribution >= 4 is 5.91 Å². The molecule has 0 bridgehead atoms. The van der Waals surface area contributed by atoms with E-state index in [0.29, 0.717) is 12.6 Å². The van der Waals surface area contributed by atoms with Crippen LogP contribution in [0.15, 0.2) is 24.3 Å². The highest BCUT2D eigenvalue weighted by Crippen LogP contribution is 2.28. The third-order valence-corrected chi connectivity index (χ3v) is 4.36. The molecule has 0 radical (unpaired) electrons. The van der Waals surface area contributed by atoms with Crippen molar-refractivity contribution in [2.24, 2.45) is 0 Å². The molecule has 1 N–H and O–H groups in total. The standard InChI is InChI=1S/C16H23N3O/c1-12-5-3-6-13(9-12)16-17-10-15(20)19(16)14-7-4-8-18(2)11-14/h3,5-6,9,14,16-17H,4,7-8,10-11H2,1-2H3. The first-order valence-corrected chi connectivity index (χ1v) is 7.45. The van der Waals surface area contributed by atoms with Gasteiger partial charge in [-0.2, -0.15) is 0 Å². The second-order valence-corrected chi connectivity index (χ2v) is 6.06. The van der Waals surface area contributed by atoms with E-state index < -0.39 is 0 Å².